The molecule has 4 aliphatic carbocycles. The Morgan fingerprint density at radius 2 is 1.89 bits per heavy atom. The highest BCUT2D eigenvalue weighted by molar-refractivity contribution is 5.33. The molecule has 1 aromatic carbocycles. The Labute approximate surface area is 219 Å². The van der Waals surface area contributed by atoms with Crippen LogP contribution in [-0.2, 0) is 0 Å². The molecule has 0 heterocycles. The van der Waals surface area contributed by atoms with Crippen molar-refractivity contribution in [3.8, 4) is 6.07 Å². The first kappa shape index (κ1) is 26.0. The molecule has 3 saturated carbocycles. The summed E-state index contributed by atoms with van der Waals surface area (Å²) in [5, 5.41) is 31.1. The largest absolute Gasteiger partial charge is 0.390 e. The molecule has 1 aromatic rings. The highest BCUT2D eigenvalue weighted by Crippen LogP contribution is 2.67. The van der Waals surface area contributed by atoms with Gasteiger partial charge in [-0.25, -0.2) is 0 Å². The number of nitrogens with zero attached hydrogens (tertiary/aromatic N) is 1. The SMILES string of the molecule is CC[C@]1(O)CC[C@@]2(C)C(=CC[C@@H]3C2CC[C@]2(C)[C@@H]([C@H](C)CC[C@H](O)c4cccc(C#N)c4)CC[C@@H]32)C1. The van der Waals surface area contributed by atoms with E-state index in [1.165, 1.54) is 32.1 Å². The third-order valence-electron chi connectivity index (χ3n) is 12.0. The standard InChI is InChI=1S/C33H47NO2/c1-5-33(36)18-17-31(3)25(20-33)10-11-26-28-13-12-27(32(28,4)16-15-29(26)31)22(2)9-14-30(35)24-8-6-7-23(19-24)21-34/h6-8,10,19,22,26-30,35-36H,5,9,11-18,20H2,1-4H3/t22-,26+,27-,28+,29?,30+,31+,32-,33+/m1/s1. The predicted octanol–water partition coefficient (Wildman–Crippen LogP) is 7.73. The van der Waals surface area contributed by atoms with Crippen molar-refractivity contribution in [2.75, 3.05) is 0 Å². The molecule has 0 amide bonds. The van der Waals surface area contributed by atoms with Crippen LogP contribution in [0.2, 0.25) is 0 Å². The van der Waals surface area contributed by atoms with E-state index in [4.69, 9.17) is 0 Å². The highest BCUT2D eigenvalue weighted by Gasteiger charge is 2.59. The Morgan fingerprint density at radius 1 is 1.08 bits per heavy atom. The first-order valence-corrected chi connectivity index (χ1v) is 14.7. The maximum Gasteiger partial charge on any atom is 0.0991 e. The van der Waals surface area contributed by atoms with Crippen LogP contribution in [0, 0.1) is 51.8 Å². The van der Waals surface area contributed by atoms with Crippen molar-refractivity contribution in [1.29, 1.82) is 5.26 Å². The minimum absolute atomic E-state index is 0.289. The van der Waals surface area contributed by atoms with Gasteiger partial charge in [0.05, 0.1) is 23.3 Å². The van der Waals surface area contributed by atoms with Gasteiger partial charge in [0.25, 0.3) is 0 Å². The van der Waals surface area contributed by atoms with E-state index in [0.29, 0.717) is 16.9 Å². The summed E-state index contributed by atoms with van der Waals surface area (Å²) in [4.78, 5) is 0. The van der Waals surface area contributed by atoms with E-state index in [1.807, 2.05) is 18.2 Å². The van der Waals surface area contributed by atoms with E-state index in [-0.39, 0.29) is 5.41 Å². The summed E-state index contributed by atoms with van der Waals surface area (Å²) in [6, 6.07) is 9.65. The summed E-state index contributed by atoms with van der Waals surface area (Å²) in [5.74, 6) is 3.71. The molecule has 3 heteroatoms. The van der Waals surface area contributed by atoms with Crippen LogP contribution in [0.1, 0.15) is 116 Å². The maximum absolute atomic E-state index is 11.0. The van der Waals surface area contributed by atoms with Crippen molar-refractivity contribution in [3.63, 3.8) is 0 Å². The van der Waals surface area contributed by atoms with Gasteiger partial charge < -0.3 is 10.2 Å². The van der Waals surface area contributed by atoms with Crippen molar-refractivity contribution in [1.82, 2.24) is 0 Å². The van der Waals surface area contributed by atoms with E-state index < -0.39 is 11.7 Å². The first-order valence-electron chi connectivity index (χ1n) is 14.7. The van der Waals surface area contributed by atoms with Crippen LogP contribution < -0.4 is 0 Å². The second kappa shape index (κ2) is 9.59. The molecule has 196 valence electrons. The molecule has 0 bridgehead atoms. The number of aliphatic hydroxyl groups excluding tert-OH is 1. The first-order chi connectivity index (χ1) is 17.1. The molecule has 5 rings (SSSR count). The molecule has 36 heavy (non-hydrogen) atoms. The fraction of sp³-hybridized carbons (Fsp3) is 0.727. The summed E-state index contributed by atoms with van der Waals surface area (Å²) < 4.78 is 0. The summed E-state index contributed by atoms with van der Waals surface area (Å²) in [6.45, 7) is 9.71. The van der Waals surface area contributed by atoms with Gasteiger partial charge in [0, 0.05) is 0 Å². The summed E-state index contributed by atoms with van der Waals surface area (Å²) in [6.07, 6.45) is 14.3. The van der Waals surface area contributed by atoms with E-state index in [1.54, 1.807) is 11.6 Å². The van der Waals surface area contributed by atoms with Crippen LogP contribution >= 0.6 is 0 Å². The molecule has 3 fully saturated rings. The minimum Gasteiger partial charge on any atom is -0.390 e. The Bertz CT molecular complexity index is 1040. The molecule has 2 N–H and O–H groups in total. The van der Waals surface area contributed by atoms with Crippen LogP contribution in [0.25, 0.3) is 0 Å². The van der Waals surface area contributed by atoms with Gasteiger partial charge in [0.2, 0.25) is 0 Å². The number of nitriles is 1. The summed E-state index contributed by atoms with van der Waals surface area (Å²) >= 11 is 0. The molecule has 1 unspecified atom stereocenters. The third-order valence-corrected chi connectivity index (χ3v) is 12.0. The van der Waals surface area contributed by atoms with Crippen LogP contribution in [0.4, 0.5) is 0 Å². The number of rotatable bonds is 6. The number of hydrogen-bond acceptors (Lipinski definition) is 3. The summed E-state index contributed by atoms with van der Waals surface area (Å²) in [5.41, 5.74) is 3.29. The number of fused-ring (bicyclic) bond motifs is 5. The number of hydrogen-bond donors (Lipinski definition) is 2. The second-order valence-electron chi connectivity index (χ2n) is 13.6. The van der Waals surface area contributed by atoms with Crippen LogP contribution in [0.5, 0.6) is 0 Å². The zero-order chi connectivity index (χ0) is 25.7. The van der Waals surface area contributed by atoms with Crippen molar-refractivity contribution < 1.29 is 10.2 Å². The lowest BCUT2D eigenvalue weighted by molar-refractivity contribution is -0.0757. The fourth-order valence-corrected chi connectivity index (χ4v) is 9.59. The topological polar surface area (TPSA) is 64.2 Å². The Kier molecular flexibility index (Phi) is 6.93. The number of allylic oxidation sites excluding steroid dienone is 1. The number of aliphatic hydroxyl groups is 2. The normalized spacial score (nSPS) is 41.3. The van der Waals surface area contributed by atoms with Crippen molar-refractivity contribution in [2.24, 2.45) is 40.4 Å². The van der Waals surface area contributed by atoms with Crippen LogP contribution in [0.3, 0.4) is 0 Å². The molecular weight excluding hydrogens is 442 g/mol. The quantitative estimate of drug-likeness (QED) is 0.402. The molecule has 3 nitrogen and oxygen atoms in total. The van der Waals surface area contributed by atoms with Gasteiger partial charge in [0.1, 0.15) is 0 Å². The Balaban J connectivity index is 1.27. The molecule has 0 radical (unpaired) electrons. The van der Waals surface area contributed by atoms with E-state index >= 15 is 0 Å². The van der Waals surface area contributed by atoms with E-state index in [2.05, 4.69) is 39.8 Å². The molecular formula is C33H47NO2. The van der Waals surface area contributed by atoms with Gasteiger partial charge in [-0.15, -0.1) is 0 Å². The van der Waals surface area contributed by atoms with Gasteiger partial charge in [-0.3, -0.25) is 0 Å². The molecule has 4 aliphatic rings. The lowest BCUT2D eigenvalue weighted by atomic mass is 9.46. The molecule has 0 spiro atoms. The van der Waals surface area contributed by atoms with E-state index in [9.17, 15) is 15.5 Å². The van der Waals surface area contributed by atoms with E-state index in [0.717, 1.165) is 67.8 Å². The van der Waals surface area contributed by atoms with Crippen LogP contribution in [0.15, 0.2) is 35.9 Å². The lowest BCUT2D eigenvalue weighted by Gasteiger charge is -2.59. The highest BCUT2D eigenvalue weighted by atomic mass is 16.3. The second-order valence-corrected chi connectivity index (χ2v) is 13.6. The zero-order valence-electron chi connectivity index (χ0n) is 23.0. The lowest BCUT2D eigenvalue weighted by Crippen LogP contribution is -2.52. The van der Waals surface area contributed by atoms with Gasteiger partial charge in [-0.1, -0.05) is 51.5 Å². The van der Waals surface area contributed by atoms with Gasteiger partial charge >= 0.3 is 0 Å². The average molecular weight is 490 g/mol. The van der Waals surface area contributed by atoms with Gasteiger partial charge in [-0.05, 0) is 129 Å². The average Bonchev–Trinajstić information content (AvgIpc) is 3.25. The molecule has 0 saturated heterocycles. The molecule has 0 aromatic heterocycles. The minimum atomic E-state index is -0.489. The Hall–Kier alpha value is -1.63. The van der Waals surface area contributed by atoms with Gasteiger partial charge in [-0.2, -0.15) is 5.26 Å². The Morgan fingerprint density at radius 3 is 2.64 bits per heavy atom. The van der Waals surface area contributed by atoms with Crippen molar-refractivity contribution in [3.05, 3.63) is 47.0 Å². The molecule has 0 aliphatic heterocycles. The predicted molar refractivity (Wildman–Crippen MR) is 145 cm³/mol. The van der Waals surface area contributed by atoms with Gasteiger partial charge in [0.15, 0.2) is 0 Å². The summed E-state index contributed by atoms with van der Waals surface area (Å²) in [7, 11) is 0. The van der Waals surface area contributed by atoms with Crippen LogP contribution in [-0.4, -0.2) is 15.8 Å². The van der Waals surface area contributed by atoms with Crippen molar-refractivity contribution >= 4 is 0 Å². The smallest absolute Gasteiger partial charge is 0.0991 e. The monoisotopic (exact) mass is 489 g/mol. The fourth-order valence-electron chi connectivity index (χ4n) is 9.59. The molecule has 9 atom stereocenters. The number of benzene rings is 1. The maximum atomic E-state index is 11.0. The third kappa shape index (κ3) is 4.27. The zero-order valence-corrected chi connectivity index (χ0v) is 23.0. The van der Waals surface area contributed by atoms with Crippen molar-refractivity contribution in [2.45, 2.75) is 110 Å².